The van der Waals surface area contributed by atoms with Crippen LogP contribution in [0.1, 0.15) is 25.0 Å². The Morgan fingerprint density at radius 2 is 1.00 bits per heavy atom. The number of nitrogens with zero attached hydrogens (tertiary/aromatic N) is 1. The molecule has 1 heterocycles. The summed E-state index contributed by atoms with van der Waals surface area (Å²) in [6.45, 7) is 4.74. The lowest BCUT2D eigenvalue weighted by Gasteiger charge is -2.27. The van der Waals surface area contributed by atoms with Crippen LogP contribution in [0.25, 0.3) is 77.2 Å². The number of furan rings is 1. The molecule has 2 heteroatoms. The topological polar surface area (TPSA) is 16.4 Å². The molecule has 0 saturated carbocycles. The fourth-order valence-electron chi connectivity index (χ4n) is 9.31. The molecule has 270 valence electrons. The van der Waals surface area contributed by atoms with Crippen LogP contribution < -0.4 is 4.90 Å². The highest BCUT2D eigenvalue weighted by Crippen LogP contribution is 2.54. The first-order valence-corrected chi connectivity index (χ1v) is 19.8. The van der Waals surface area contributed by atoms with Crippen LogP contribution in [0.4, 0.5) is 17.1 Å². The van der Waals surface area contributed by atoms with Gasteiger partial charge >= 0.3 is 0 Å². The molecule has 1 aliphatic rings. The maximum Gasteiger partial charge on any atom is 0.143 e. The van der Waals surface area contributed by atoms with Crippen LogP contribution in [0, 0.1) is 0 Å². The number of rotatable bonds is 6. The first kappa shape index (κ1) is 33.2. The molecule has 2 nitrogen and oxygen atoms in total. The maximum atomic E-state index is 6.87. The van der Waals surface area contributed by atoms with E-state index in [1.54, 1.807) is 0 Å². The zero-order valence-corrected chi connectivity index (χ0v) is 31.9. The predicted octanol–water partition coefficient (Wildman–Crippen LogP) is 15.5. The lowest BCUT2D eigenvalue weighted by atomic mass is 9.81. The first-order chi connectivity index (χ1) is 28.0. The van der Waals surface area contributed by atoms with Crippen molar-refractivity contribution in [3.05, 3.63) is 211 Å². The minimum absolute atomic E-state index is 0.159. The van der Waals surface area contributed by atoms with Crippen molar-refractivity contribution in [1.82, 2.24) is 0 Å². The largest absolute Gasteiger partial charge is 0.455 e. The van der Waals surface area contributed by atoms with Gasteiger partial charge < -0.3 is 9.32 Å². The number of hydrogen-bond donors (Lipinski definition) is 0. The maximum absolute atomic E-state index is 6.87. The summed E-state index contributed by atoms with van der Waals surface area (Å²) in [5.41, 5.74) is 17.6. The van der Waals surface area contributed by atoms with Crippen molar-refractivity contribution in [2.24, 2.45) is 0 Å². The van der Waals surface area contributed by atoms with E-state index >= 15 is 0 Å². The van der Waals surface area contributed by atoms with Crippen molar-refractivity contribution >= 4 is 49.8 Å². The number of benzene rings is 9. The Balaban J connectivity index is 1.12. The molecule has 0 radical (unpaired) electrons. The van der Waals surface area contributed by atoms with Crippen molar-refractivity contribution in [2.45, 2.75) is 19.3 Å². The zero-order chi connectivity index (χ0) is 38.1. The van der Waals surface area contributed by atoms with E-state index in [1.807, 2.05) is 0 Å². The van der Waals surface area contributed by atoms with Crippen LogP contribution in [-0.4, -0.2) is 0 Å². The third-order valence-electron chi connectivity index (χ3n) is 12.1. The van der Waals surface area contributed by atoms with Gasteiger partial charge in [-0.1, -0.05) is 172 Å². The van der Waals surface area contributed by atoms with Crippen LogP contribution in [0.15, 0.2) is 205 Å². The van der Waals surface area contributed by atoms with Crippen molar-refractivity contribution in [3.63, 3.8) is 0 Å². The van der Waals surface area contributed by atoms with E-state index in [2.05, 4.69) is 219 Å². The van der Waals surface area contributed by atoms with Gasteiger partial charge in [0.1, 0.15) is 11.2 Å². The average molecular weight is 730 g/mol. The highest BCUT2D eigenvalue weighted by molar-refractivity contribution is 6.22. The van der Waals surface area contributed by atoms with Gasteiger partial charge in [-0.05, 0) is 98.1 Å². The van der Waals surface area contributed by atoms with Gasteiger partial charge in [0.2, 0.25) is 0 Å². The fourth-order valence-corrected chi connectivity index (χ4v) is 9.31. The third-order valence-corrected chi connectivity index (χ3v) is 12.1. The molecule has 0 fully saturated rings. The van der Waals surface area contributed by atoms with Gasteiger partial charge in [-0.15, -0.1) is 0 Å². The van der Waals surface area contributed by atoms with Crippen LogP contribution >= 0.6 is 0 Å². The van der Waals surface area contributed by atoms with Gasteiger partial charge in [0.25, 0.3) is 0 Å². The molecule has 0 aliphatic heterocycles. The predicted molar refractivity (Wildman–Crippen MR) is 240 cm³/mol. The minimum Gasteiger partial charge on any atom is -0.455 e. The summed E-state index contributed by atoms with van der Waals surface area (Å²) in [6.07, 6.45) is 0. The second-order valence-electron chi connectivity index (χ2n) is 15.7. The van der Waals surface area contributed by atoms with Crippen LogP contribution in [0.5, 0.6) is 0 Å². The molecule has 0 saturated heterocycles. The molecule has 10 aromatic rings. The van der Waals surface area contributed by atoms with Gasteiger partial charge in [0.05, 0.1) is 5.69 Å². The SMILES string of the molecule is CC1(C)c2cc(-c3cccc4oc5c6ccccc6c(N(c6ccccc6)c6ccc(-c7ccccc7)cc6)cc5c34)ccc2-c2c(-c3ccccc3)cccc21. The molecule has 0 bridgehead atoms. The Morgan fingerprint density at radius 1 is 0.404 bits per heavy atom. The zero-order valence-electron chi connectivity index (χ0n) is 31.9. The van der Waals surface area contributed by atoms with Crippen LogP contribution in [0.2, 0.25) is 0 Å². The first-order valence-electron chi connectivity index (χ1n) is 19.8. The summed E-state index contributed by atoms with van der Waals surface area (Å²) in [5, 5.41) is 4.46. The second-order valence-corrected chi connectivity index (χ2v) is 15.7. The van der Waals surface area contributed by atoms with Crippen molar-refractivity contribution in [2.75, 3.05) is 4.90 Å². The average Bonchev–Trinajstić information content (AvgIpc) is 3.77. The molecule has 1 aliphatic carbocycles. The van der Waals surface area contributed by atoms with E-state index < -0.39 is 0 Å². The Morgan fingerprint density at radius 3 is 1.75 bits per heavy atom. The Labute approximate surface area is 332 Å². The monoisotopic (exact) mass is 729 g/mol. The summed E-state index contributed by atoms with van der Waals surface area (Å²) in [5.74, 6) is 0. The van der Waals surface area contributed by atoms with Gasteiger partial charge in [0, 0.05) is 38.3 Å². The number of para-hydroxylation sites is 1. The van der Waals surface area contributed by atoms with Gasteiger partial charge in [-0.25, -0.2) is 0 Å². The number of anilines is 3. The molecule has 1 aromatic heterocycles. The molecular weight excluding hydrogens is 691 g/mol. The highest BCUT2D eigenvalue weighted by atomic mass is 16.3. The molecule has 57 heavy (non-hydrogen) atoms. The van der Waals surface area contributed by atoms with Crippen molar-refractivity contribution < 1.29 is 4.42 Å². The Bertz CT molecular complexity index is 3120. The van der Waals surface area contributed by atoms with E-state index in [-0.39, 0.29) is 5.41 Å². The lowest BCUT2D eigenvalue weighted by Crippen LogP contribution is -2.15. The smallest absolute Gasteiger partial charge is 0.143 e. The van der Waals surface area contributed by atoms with Crippen molar-refractivity contribution in [1.29, 1.82) is 0 Å². The highest BCUT2D eigenvalue weighted by Gasteiger charge is 2.37. The van der Waals surface area contributed by atoms with E-state index in [0.29, 0.717) is 0 Å². The van der Waals surface area contributed by atoms with Crippen molar-refractivity contribution in [3.8, 4) is 44.5 Å². The number of hydrogen-bond acceptors (Lipinski definition) is 2. The minimum atomic E-state index is -0.159. The van der Waals surface area contributed by atoms with Gasteiger partial charge in [-0.2, -0.15) is 0 Å². The fraction of sp³-hybridized carbons (Fsp3) is 0.0545. The lowest BCUT2D eigenvalue weighted by molar-refractivity contribution is 0.661. The van der Waals surface area contributed by atoms with Crippen LogP contribution in [-0.2, 0) is 5.41 Å². The molecule has 0 unspecified atom stereocenters. The van der Waals surface area contributed by atoms with Gasteiger partial charge in [0.15, 0.2) is 0 Å². The van der Waals surface area contributed by atoms with Gasteiger partial charge in [-0.3, -0.25) is 0 Å². The molecule has 0 N–H and O–H groups in total. The third kappa shape index (κ3) is 5.25. The molecule has 0 amide bonds. The summed E-state index contributed by atoms with van der Waals surface area (Å²) in [4.78, 5) is 2.39. The molecule has 11 rings (SSSR count). The van der Waals surface area contributed by atoms with E-state index in [0.717, 1.165) is 49.8 Å². The number of fused-ring (bicyclic) bond motifs is 8. The van der Waals surface area contributed by atoms with Crippen LogP contribution in [0.3, 0.4) is 0 Å². The molecule has 0 spiro atoms. The summed E-state index contributed by atoms with van der Waals surface area (Å²) in [6, 6.07) is 72.4. The molecular formula is C55H39NO. The second kappa shape index (κ2) is 13.0. The molecule has 0 atom stereocenters. The molecule has 9 aromatic carbocycles. The normalized spacial score (nSPS) is 12.9. The van der Waals surface area contributed by atoms with E-state index in [1.165, 1.54) is 55.6 Å². The quantitative estimate of drug-likeness (QED) is 0.169. The summed E-state index contributed by atoms with van der Waals surface area (Å²) < 4.78 is 6.87. The summed E-state index contributed by atoms with van der Waals surface area (Å²) >= 11 is 0. The standard InChI is InChI=1S/C55H39NO/c1-55(2)48-26-14-24-42(38-18-8-4-9-19-38)52(48)46-33-30-39(34-49(46)55)43-25-15-27-51-53(43)47-35-50(44-22-12-13-23-45(44)54(47)57-51)56(40-20-10-5-11-21-40)41-31-28-37(29-32-41)36-16-6-3-7-17-36/h3-35H,1-2H3. The van der Waals surface area contributed by atoms with E-state index in [9.17, 15) is 0 Å². The summed E-state index contributed by atoms with van der Waals surface area (Å²) in [7, 11) is 0. The Hall–Kier alpha value is -7.16. The van der Waals surface area contributed by atoms with E-state index in [4.69, 9.17) is 4.42 Å². The Kier molecular flexibility index (Phi) is 7.55.